The van der Waals surface area contributed by atoms with Crippen LogP contribution in [0.3, 0.4) is 0 Å². The van der Waals surface area contributed by atoms with E-state index in [1.807, 2.05) is 4.98 Å². The zero-order chi connectivity index (χ0) is 14.0. The van der Waals surface area contributed by atoms with E-state index in [1.165, 1.54) is 0 Å². The number of aromatic nitrogens is 2. The van der Waals surface area contributed by atoms with Crippen LogP contribution < -0.4 is 21.7 Å². The van der Waals surface area contributed by atoms with Crippen LogP contribution in [0.5, 0.6) is 0 Å². The Kier molecular flexibility index (Phi) is 3.88. The number of H-pyrrole nitrogens is 2. The van der Waals surface area contributed by atoms with Crippen molar-refractivity contribution < 1.29 is 8.42 Å². The van der Waals surface area contributed by atoms with E-state index in [-0.39, 0.29) is 12.1 Å². The second-order valence-electron chi connectivity index (χ2n) is 4.61. The van der Waals surface area contributed by atoms with Crippen LogP contribution in [0.1, 0.15) is 25.7 Å². The molecule has 0 aliphatic heterocycles. The Labute approximate surface area is 109 Å². The van der Waals surface area contributed by atoms with Gasteiger partial charge in [0.05, 0.1) is 0 Å². The summed E-state index contributed by atoms with van der Waals surface area (Å²) in [6, 6.07) is -0.643. The number of hydrogen-bond donors (Lipinski definition) is 4. The zero-order valence-corrected chi connectivity index (χ0v) is 11.0. The third-order valence-corrected chi connectivity index (χ3v) is 4.70. The first-order valence-corrected chi connectivity index (χ1v) is 7.48. The number of sulfonamides is 1. The SMILES string of the molecule is NC1CCCCC1NS(=O)(=O)c1c[nH]c(=O)[nH]c1=O. The van der Waals surface area contributed by atoms with Gasteiger partial charge in [0.15, 0.2) is 4.90 Å². The molecule has 0 radical (unpaired) electrons. The van der Waals surface area contributed by atoms with E-state index in [1.54, 1.807) is 0 Å². The Bertz CT molecular complexity index is 663. The Hall–Kier alpha value is -1.45. The average molecular weight is 288 g/mol. The molecule has 0 spiro atoms. The van der Waals surface area contributed by atoms with E-state index in [9.17, 15) is 18.0 Å². The van der Waals surface area contributed by atoms with Crippen molar-refractivity contribution in [2.24, 2.45) is 5.73 Å². The number of nitrogens with two attached hydrogens (primary N) is 1. The summed E-state index contributed by atoms with van der Waals surface area (Å²) in [4.78, 5) is 25.8. The van der Waals surface area contributed by atoms with E-state index in [0.717, 1.165) is 25.5 Å². The minimum atomic E-state index is -3.98. The minimum absolute atomic E-state index is 0.259. The third kappa shape index (κ3) is 3.11. The summed E-state index contributed by atoms with van der Waals surface area (Å²) in [5, 5.41) is 0. The summed E-state index contributed by atoms with van der Waals surface area (Å²) in [6.07, 6.45) is 4.14. The van der Waals surface area contributed by atoms with Gasteiger partial charge in [-0.3, -0.25) is 9.78 Å². The maximum Gasteiger partial charge on any atom is 0.325 e. The van der Waals surface area contributed by atoms with Crippen molar-refractivity contribution in [2.45, 2.75) is 42.7 Å². The maximum absolute atomic E-state index is 12.1. The van der Waals surface area contributed by atoms with Gasteiger partial charge < -0.3 is 10.7 Å². The van der Waals surface area contributed by atoms with Crippen LogP contribution in [0.4, 0.5) is 0 Å². The molecular weight excluding hydrogens is 272 g/mol. The lowest BCUT2D eigenvalue weighted by molar-refractivity contribution is 0.361. The quantitative estimate of drug-likeness (QED) is 0.542. The molecule has 0 aromatic carbocycles. The maximum atomic E-state index is 12.1. The first kappa shape index (κ1) is 14.0. The molecule has 2 unspecified atom stereocenters. The monoisotopic (exact) mass is 288 g/mol. The molecule has 1 fully saturated rings. The fourth-order valence-corrected chi connectivity index (χ4v) is 3.49. The molecule has 106 valence electrons. The molecule has 19 heavy (non-hydrogen) atoms. The molecule has 2 atom stereocenters. The smallest absolute Gasteiger partial charge is 0.325 e. The first-order valence-electron chi connectivity index (χ1n) is 6.00. The predicted molar refractivity (Wildman–Crippen MR) is 68.2 cm³/mol. The van der Waals surface area contributed by atoms with Crippen LogP contribution in [0.25, 0.3) is 0 Å². The summed E-state index contributed by atoms with van der Waals surface area (Å²) in [5.41, 5.74) is 4.16. The average Bonchev–Trinajstić information content (AvgIpc) is 2.31. The molecular formula is C10H16N4O4S. The van der Waals surface area contributed by atoms with Crippen molar-refractivity contribution in [1.29, 1.82) is 0 Å². The third-order valence-electron chi connectivity index (χ3n) is 3.20. The van der Waals surface area contributed by atoms with Gasteiger partial charge in [-0.05, 0) is 12.8 Å². The molecule has 1 aromatic heterocycles. The summed E-state index contributed by atoms with van der Waals surface area (Å²) in [5.74, 6) is 0. The molecule has 1 saturated carbocycles. The number of hydrogen-bond acceptors (Lipinski definition) is 5. The molecule has 0 bridgehead atoms. The summed E-state index contributed by atoms with van der Waals surface area (Å²) in [7, 11) is -3.98. The van der Waals surface area contributed by atoms with Gasteiger partial charge in [0.2, 0.25) is 10.0 Å². The van der Waals surface area contributed by atoms with Crippen molar-refractivity contribution in [3.05, 3.63) is 27.0 Å². The van der Waals surface area contributed by atoms with Crippen molar-refractivity contribution in [3.8, 4) is 0 Å². The van der Waals surface area contributed by atoms with Crippen LogP contribution in [0.15, 0.2) is 20.7 Å². The van der Waals surface area contributed by atoms with Crippen molar-refractivity contribution >= 4 is 10.0 Å². The van der Waals surface area contributed by atoms with Gasteiger partial charge in [-0.2, -0.15) is 0 Å². The summed E-state index contributed by atoms with van der Waals surface area (Å²) in [6.45, 7) is 0. The molecule has 0 amide bonds. The first-order chi connectivity index (χ1) is 8.90. The van der Waals surface area contributed by atoms with Gasteiger partial charge >= 0.3 is 5.69 Å². The second-order valence-corrected chi connectivity index (χ2v) is 6.29. The van der Waals surface area contributed by atoms with Crippen LogP contribution in [0, 0.1) is 0 Å². The lowest BCUT2D eigenvalue weighted by atomic mass is 9.92. The van der Waals surface area contributed by atoms with Crippen LogP contribution in [-0.4, -0.2) is 30.5 Å². The van der Waals surface area contributed by atoms with E-state index in [4.69, 9.17) is 5.73 Å². The highest BCUT2D eigenvalue weighted by Gasteiger charge is 2.28. The standard InChI is InChI=1S/C10H16N4O4S/c11-6-3-1-2-4-7(6)14-19(17,18)8-5-12-10(16)13-9(8)15/h5-7,14H,1-4,11H2,(H2,12,13,15,16). The van der Waals surface area contributed by atoms with E-state index < -0.39 is 26.2 Å². The molecule has 0 saturated heterocycles. The van der Waals surface area contributed by atoms with Crippen molar-refractivity contribution in [3.63, 3.8) is 0 Å². The topological polar surface area (TPSA) is 138 Å². The summed E-state index contributed by atoms with van der Waals surface area (Å²) < 4.78 is 26.6. The van der Waals surface area contributed by atoms with Gasteiger partial charge in [-0.25, -0.2) is 17.9 Å². The largest absolute Gasteiger partial charge is 0.326 e. The minimum Gasteiger partial charge on any atom is -0.326 e. The van der Waals surface area contributed by atoms with Gasteiger partial charge in [-0.1, -0.05) is 12.8 Å². The van der Waals surface area contributed by atoms with Crippen LogP contribution in [-0.2, 0) is 10.0 Å². The lowest BCUT2D eigenvalue weighted by Crippen LogP contribution is -2.50. The Morgan fingerprint density at radius 2 is 1.95 bits per heavy atom. The van der Waals surface area contributed by atoms with E-state index >= 15 is 0 Å². The highest BCUT2D eigenvalue weighted by atomic mass is 32.2. The normalized spacial score (nSPS) is 24.3. The molecule has 9 heteroatoms. The van der Waals surface area contributed by atoms with Gasteiger partial charge in [0.1, 0.15) is 0 Å². The van der Waals surface area contributed by atoms with Gasteiger partial charge in [-0.15, -0.1) is 0 Å². The number of aromatic amines is 2. The Morgan fingerprint density at radius 1 is 1.26 bits per heavy atom. The molecule has 5 N–H and O–H groups in total. The van der Waals surface area contributed by atoms with Gasteiger partial charge in [0.25, 0.3) is 5.56 Å². The Balaban J connectivity index is 2.27. The van der Waals surface area contributed by atoms with Crippen molar-refractivity contribution in [2.75, 3.05) is 0 Å². The molecule has 1 heterocycles. The molecule has 1 aromatic rings. The number of nitrogens with one attached hydrogen (secondary N) is 3. The number of rotatable bonds is 3. The Morgan fingerprint density at radius 3 is 2.58 bits per heavy atom. The molecule has 1 aliphatic carbocycles. The fraction of sp³-hybridized carbons (Fsp3) is 0.600. The van der Waals surface area contributed by atoms with Crippen LogP contribution >= 0.6 is 0 Å². The van der Waals surface area contributed by atoms with Crippen LogP contribution in [0.2, 0.25) is 0 Å². The molecule has 2 rings (SSSR count). The second kappa shape index (κ2) is 5.27. The predicted octanol–water partition coefficient (Wildman–Crippen LogP) is -1.39. The van der Waals surface area contributed by atoms with E-state index in [2.05, 4.69) is 9.71 Å². The molecule has 8 nitrogen and oxygen atoms in total. The van der Waals surface area contributed by atoms with E-state index in [0.29, 0.717) is 6.42 Å². The van der Waals surface area contributed by atoms with Crippen molar-refractivity contribution in [1.82, 2.24) is 14.7 Å². The highest BCUT2D eigenvalue weighted by molar-refractivity contribution is 7.89. The highest BCUT2D eigenvalue weighted by Crippen LogP contribution is 2.18. The lowest BCUT2D eigenvalue weighted by Gasteiger charge is -2.28. The zero-order valence-electron chi connectivity index (χ0n) is 10.2. The molecule has 1 aliphatic rings. The van der Waals surface area contributed by atoms with Gasteiger partial charge in [0, 0.05) is 18.3 Å². The summed E-state index contributed by atoms with van der Waals surface area (Å²) >= 11 is 0. The fourth-order valence-electron chi connectivity index (χ4n) is 2.17.